The molecule has 0 atom stereocenters. The highest BCUT2D eigenvalue weighted by Gasteiger charge is 2.19. The molecule has 0 saturated carbocycles. The van der Waals surface area contributed by atoms with Crippen LogP contribution in [0.5, 0.6) is 0 Å². The third-order valence-corrected chi connectivity index (χ3v) is 2.98. The van der Waals surface area contributed by atoms with E-state index < -0.39 is 15.8 Å². The van der Waals surface area contributed by atoms with E-state index in [9.17, 15) is 13.2 Å². The number of esters is 1. The largest absolute Gasteiger partial charge is 0.461 e. The zero-order valence-corrected chi connectivity index (χ0v) is 11.6. The summed E-state index contributed by atoms with van der Waals surface area (Å²) in [5, 5.41) is -0.350. The SMILES string of the molecule is CCOC(=O)c1cc(C(C)C)nc(S(C)(=O)=O)n1. The second kappa shape index (κ2) is 5.43. The first-order valence-corrected chi connectivity index (χ1v) is 7.41. The lowest BCUT2D eigenvalue weighted by molar-refractivity contribution is 0.0518. The summed E-state index contributed by atoms with van der Waals surface area (Å²) in [5.74, 6) is -0.659. The van der Waals surface area contributed by atoms with Gasteiger partial charge in [0.05, 0.1) is 6.61 Å². The molecule has 0 bridgehead atoms. The number of rotatable bonds is 4. The molecular formula is C11H16N2O4S. The van der Waals surface area contributed by atoms with Crippen LogP contribution >= 0.6 is 0 Å². The van der Waals surface area contributed by atoms with Gasteiger partial charge in [-0.05, 0) is 18.9 Å². The summed E-state index contributed by atoms with van der Waals surface area (Å²) in [6, 6.07) is 1.46. The second-order valence-corrected chi connectivity index (χ2v) is 6.02. The Hall–Kier alpha value is -1.50. The molecule has 0 amide bonds. The molecule has 1 rings (SSSR count). The van der Waals surface area contributed by atoms with Crippen LogP contribution in [0.3, 0.4) is 0 Å². The smallest absolute Gasteiger partial charge is 0.357 e. The van der Waals surface area contributed by atoms with Crippen LogP contribution in [0.1, 0.15) is 42.9 Å². The monoisotopic (exact) mass is 272 g/mol. The van der Waals surface area contributed by atoms with Crippen LogP contribution in [-0.4, -0.2) is 37.2 Å². The van der Waals surface area contributed by atoms with Gasteiger partial charge in [0.1, 0.15) is 0 Å². The van der Waals surface area contributed by atoms with Crippen molar-refractivity contribution in [2.45, 2.75) is 31.8 Å². The average Bonchev–Trinajstić information content (AvgIpc) is 2.27. The maximum atomic E-state index is 11.6. The van der Waals surface area contributed by atoms with Crippen LogP contribution in [0.4, 0.5) is 0 Å². The summed E-state index contributed by atoms with van der Waals surface area (Å²) in [4.78, 5) is 19.3. The molecule has 7 heteroatoms. The molecule has 100 valence electrons. The summed E-state index contributed by atoms with van der Waals surface area (Å²) in [6.45, 7) is 5.57. The van der Waals surface area contributed by atoms with E-state index in [1.807, 2.05) is 13.8 Å². The second-order valence-electron chi connectivity index (χ2n) is 4.11. The minimum atomic E-state index is -3.56. The number of sulfone groups is 1. The van der Waals surface area contributed by atoms with Crippen LogP contribution in [0.25, 0.3) is 0 Å². The molecule has 0 radical (unpaired) electrons. The maximum Gasteiger partial charge on any atom is 0.357 e. The lowest BCUT2D eigenvalue weighted by atomic mass is 10.1. The van der Waals surface area contributed by atoms with Crippen molar-refractivity contribution in [3.63, 3.8) is 0 Å². The van der Waals surface area contributed by atoms with Crippen molar-refractivity contribution in [1.29, 1.82) is 0 Å². The van der Waals surface area contributed by atoms with E-state index in [0.29, 0.717) is 5.69 Å². The van der Waals surface area contributed by atoms with Gasteiger partial charge in [-0.25, -0.2) is 23.2 Å². The van der Waals surface area contributed by atoms with E-state index in [1.54, 1.807) is 6.92 Å². The number of aromatic nitrogens is 2. The van der Waals surface area contributed by atoms with E-state index in [-0.39, 0.29) is 23.4 Å². The quantitative estimate of drug-likeness (QED) is 0.604. The van der Waals surface area contributed by atoms with Gasteiger partial charge in [0.15, 0.2) is 5.69 Å². The van der Waals surface area contributed by atoms with Crippen LogP contribution < -0.4 is 0 Å². The molecule has 0 spiro atoms. The fourth-order valence-corrected chi connectivity index (χ4v) is 1.75. The first-order valence-electron chi connectivity index (χ1n) is 5.51. The van der Waals surface area contributed by atoms with Crippen molar-refractivity contribution in [3.05, 3.63) is 17.5 Å². The molecule has 0 saturated heterocycles. The Morgan fingerprint density at radius 3 is 2.44 bits per heavy atom. The number of hydrogen-bond acceptors (Lipinski definition) is 6. The zero-order valence-electron chi connectivity index (χ0n) is 10.8. The van der Waals surface area contributed by atoms with Gasteiger partial charge in [-0.2, -0.15) is 0 Å². The number of hydrogen-bond donors (Lipinski definition) is 0. The van der Waals surface area contributed by atoms with Gasteiger partial charge in [0.2, 0.25) is 15.0 Å². The predicted octanol–water partition coefficient (Wildman–Crippen LogP) is 1.18. The van der Waals surface area contributed by atoms with E-state index in [1.165, 1.54) is 6.07 Å². The summed E-state index contributed by atoms with van der Waals surface area (Å²) in [6.07, 6.45) is 1.00. The number of carbonyl (C=O) groups is 1. The van der Waals surface area contributed by atoms with Crippen molar-refractivity contribution in [1.82, 2.24) is 9.97 Å². The topological polar surface area (TPSA) is 86.2 Å². The highest BCUT2D eigenvalue weighted by Crippen LogP contribution is 2.15. The van der Waals surface area contributed by atoms with Gasteiger partial charge in [-0.15, -0.1) is 0 Å². The number of ether oxygens (including phenoxy) is 1. The molecule has 0 aliphatic carbocycles. The van der Waals surface area contributed by atoms with Crippen molar-refractivity contribution in [3.8, 4) is 0 Å². The average molecular weight is 272 g/mol. The maximum absolute atomic E-state index is 11.6. The summed E-state index contributed by atoms with van der Waals surface area (Å²) < 4.78 is 27.7. The molecule has 18 heavy (non-hydrogen) atoms. The van der Waals surface area contributed by atoms with E-state index in [4.69, 9.17) is 4.74 Å². The Kier molecular flexibility index (Phi) is 4.39. The normalized spacial score (nSPS) is 11.6. The lowest BCUT2D eigenvalue weighted by Crippen LogP contribution is -2.14. The van der Waals surface area contributed by atoms with Crippen LogP contribution in [0, 0.1) is 0 Å². The molecule has 0 N–H and O–H groups in total. The summed E-state index contributed by atoms with van der Waals surface area (Å²) in [5.41, 5.74) is 0.462. The molecule has 0 unspecified atom stereocenters. The fourth-order valence-electron chi connectivity index (χ4n) is 1.21. The van der Waals surface area contributed by atoms with Crippen molar-refractivity contribution < 1.29 is 17.9 Å². The molecule has 1 heterocycles. The van der Waals surface area contributed by atoms with Gasteiger partial charge in [0.25, 0.3) is 0 Å². The molecule has 0 aromatic carbocycles. The minimum Gasteiger partial charge on any atom is -0.461 e. The molecule has 0 aliphatic heterocycles. The highest BCUT2D eigenvalue weighted by atomic mass is 32.2. The highest BCUT2D eigenvalue weighted by molar-refractivity contribution is 7.90. The van der Waals surface area contributed by atoms with Gasteiger partial charge < -0.3 is 4.74 Å². The third-order valence-electron chi connectivity index (χ3n) is 2.13. The van der Waals surface area contributed by atoms with Crippen molar-refractivity contribution in [2.24, 2.45) is 0 Å². The van der Waals surface area contributed by atoms with Crippen molar-refractivity contribution in [2.75, 3.05) is 12.9 Å². The van der Waals surface area contributed by atoms with E-state index in [0.717, 1.165) is 6.26 Å². The predicted molar refractivity (Wildman–Crippen MR) is 65.2 cm³/mol. The van der Waals surface area contributed by atoms with Gasteiger partial charge in [-0.3, -0.25) is 0 Å². The molecule has 0 aliphatic rings. The Morgan fingerprint density at radius 1 is 1.39 bits per heavy atom. The standard InChI is InChI=1S/C11H16N2O4S/c1-5-17-10(14)9-6-8(7(2)3)12-11(13-9)18(4,15)16/h6-7H,5H2,1-4H3. The summed E-state index contributed by atoms with van der Waals surface area (Å²) >= 11 is 0. The molecular weight excluding hydrogens is 256 g/mol. The third kappa shape index (κ3) is 3.49. The van der Waals surface area contributed by atoms with Crippen LogP contribution in [0.15, 0.2) is 11.2 Å². The van der Waals surface area contributed by atoms with Gasteiger partial charge >= 0.3 is 5.97 Å². The Balaban J connectivity index is 3.36. The summed E-state index contributed by atoms with van der Waals surface area (Å²) in [7, 11) is -3.56. The fraction of sp³-hybridized carbons (Fsp3) is 0.545. The van der Waals surface area contributed by atoms with E-state index >= 15 is 0 Å². The van der Waals surface area contributed by atoms with Crippen molar-refractivity contribution >= 4 is 15.8 Å². The lowest BCUT2D eigenvalue weighted by Gasteiger charge is -2.08. The molecule has 6 nitrogen and oxygen atoms in total. The van der Waals surface area contributed by atoms with Crippen LogP contribution in [-0.2, 0) is 14.6 Å². The van der Waals surface area contributed by atoms with Gasteiger partial charge in [-0.1, -0.05) is 13.8 Å². The van der Waals surface area contributed by atoms with Crippen LogP contribution in [0.2, 0.25) is 0 Å². The molecule has 0 fully saturated rings. The van der Waals surface area contributed by atoms with Gasteiger partial charge in [0, 0.05) is 11.9 Å². The Labute approximate surface area is 106 Å². The Bertz CT molecular complexity index is 552. The first-order chi connectivity index (χ1) is 8.25. The molecule has 1 aromatic heterocycles. The first kappa shape index (κ1) is 14.6. The zero-order chi connectivity index (χ0) is 13.9. The molecule has 1 aromatic rings. The number of carbonyl (C=O) groups excluding carboxylic acids is 1. The van der Waals surface area contributed by atoms with E-state index in [2.05, 4.69) is 9.97 Å². The minimum absolute atomic E-state index is 0.0123. The number of nitrogens with zero attached hydrogens (tertiary/aromatic N) is 2. The Morgan fingerprint density at radius 2 is 2.00 bits per heavy atom.